The largest absolute Gasteiger partial charge is 0.356 e. The van der Waals surface area contributed by atoms with Crippen molar-refractivity contribution in [3.05, 3.63) is 0 Å². The zero-order valence-corrected chi connectivity index (χ0v) is 20.7. The Labute approximate surface area is 177 Å². The van der Waals surface area contributed by atoms with E-state index in [0.717, 1.165) is 6.04 Å². The van der Waals surface area contributed by atoms with Crippen LogP contribution < -0.4 is 0 Å². The number of rotatable bonds is 13. The highest BCUT2D eigenvalue weighted by atomic mass is 28.3. The molecule has 0 saturated carbocycles. The molecule has 1 fully saturated rings. The Morgan fingerprint density at radius 1 is 1.14 bits per heavy atom. The van der Waals surface area contributed by atoms with Crippen LogP contribution in [0.1, 0.15) is 40.5 Å². The van der Waals surface area contributed by atoms with Gasteiger partial charge in [-0.25, -0.2) is 0 Å². The van der Waals surface area contributed by atoms with E-state index in [0.29, 0.717) is 19.4 Å². The van der Waals surface area contributed by atoms with Crippen LogP contribution in [0.3, 0.4) is 0 Å². The van der Waals surface area contributed by atoms with Crippen LogP contribution in [-0.4, -0.2) is 65.6 Å². The van der Waals surface area contributed by atoms with Gasteiger partial charge >= 0.3 is 0 Å². The van der Waals surface area contributed by atoms with E-state index >= 15 is 0 Å². The van der Waals surface area contributed by atoms with Crippen molar-refractivity contribution in [2.24, 2.45) is 5.92 Å². The first kappa shape index (κ1) is 26.5. The number of hydrogen-bond donors (Lipinski definition) is 0. The molecule has 7 nitrogen and oxygen atoms in total. The first-order valence-corrected chi connectivity index (χ1v) is 14.1. The number of methoxy groups -OCH3 is 2. The van der Waals surface area contributed by atoms with E-state index in [1.165, 1.54) is 0 Å². The fourth-order valence-electron chi connectivity index (χ4n) is 3.31. The summed E-state index contributed by atoms with van der Waals surface area (Å²) in [5.74, 6) is -1.02. The normalized spacial score (nSPS) is 23.3. The van der Waals surface area contributed by atoms with Crippen LogP contribution >= 0.6 is 0 Å². The average Bonchev–Trinajstić information content (AvgIpc) is 2.92. The van der Waals surface area contributed by atoms with Gasteiger partial charge in [-0.3, -0.25) is 0 Å². The van der Waals surface area contributed by atoms with Crippen molar-refractivity contribution < 1.29 is 28.4 Å². The summed E-state index contributed by atoms with van der Waals surface area (Å²) < 4.78 is 34.6. The van der Waals surface area contributed by atoms with Gasteiger partial charge in [0.1, 0.15) is 12.9 Å². The van der Waals surface area contributed by atoms with Gasteiger partial charge in [-0.15, -0.1) is 0 Å². The second kappa shape index (κ2) is 11.2. The molecule has 1 aliphatic heterocycles. The smallest absolute Gasteiger partial charge is 0.163 e. The lowest BCUT2D eigenvalue weighted by molar-refractivity contribution is -0.198. The van der Waals surface area contributed by atoms with Gasteiger partial charge in [0.05, 0.1) is 23.7 Å². The molecule has 29 heavy (non-hydrogen) atoms. The average molecular weight is 432 g/mol. The molecule has 1 aliphatic rings. The Morgan fingerprint density at radius 2 is 1.76 bits per heavy atom. The predicted molar refractivity (Wildman–Crippen MR) is 114 cm³/mol. The lowest BCUT2D eigenvalue weighted by Gasteiger charge is -2.34. The monoisotopic (exact) mass is 431 g/mol. The summed E-state index contributed by atoms with van der Waals surface area (Å²) in [6.07, 6.45) is -0.0368. The third-order valence-corrected chi connectivity index (χ3v) is 6.79. The molecule has 0 aromatic carbocycles. The maximum Gasteiger partial charge on any atom is 0.163 e. The first-order chi connectivity index (χ1) is 13.3. The molecule has 0 bridgehead atoms. The Balaban J connectivity index is 2.70. The molecule has 0 aromatic rings. The summed E-state index contributed by atoms with van der Waals surface area (Å²) in [5, 5.41) is 9.61. The topological polar surface area (TPSA) is 79.2 Å². The lowest BCUT2D eigenvalue weighted by atomic mass is 9.89. The van der Waals surface area contributed by atoms with Gasteiger partial charge in [-0.05, 0) is 40.2 Å². The Kier molecular flexibility index (Phi) is 10.2. The Hall–Kier alpha value is -0.533. The van der Waals surface area contributed by atoms with Crippen molar-refractivity contribution in [1.82, 2.24) is 0 Å². The Morgan fingerprint density at radius 3 is 2.28 bits per heavy atom. The van der Waals surface area contributed by atoms with Gasteiger partial charge in [0.15, 0.2) is 12.1 Å². The summed E-state index contributed by atoms with van der Waals surface area (Å²) in [6, 6.07) is 3.44. The highest BCUT2D eigenvalue weighted by Crippen LogP contribution is 2.38. The summed E-state index contributed by atoms with van der Waals surface area (Å²) in [4.78, 5) is 0. The van der Waals surface area contributed by atoms with Gasteiger partial charge in [0.25, 0.3) is 0 Å². The molecule has 0 aromatic heterocycles. The summed E-state index contributed by atoms with van der Waals surface area (Å²) in [7, 11) is 2.02. The van der Waals surface area contributed by atoms with E-state index in [4.69, 9.17) is 28.4 Å². The van der Waals surface area contributed by atoms with Crippen LogP contribution in [0, 0.1) is 17.2 Å². The molecule has 1 heterocycles. The Bertz CT molecular complexity index is 524. The standard InChI is InChI=1S/C21H41NO6Si/c1-20(2,26-15-25-10-11-29(7,8)9)19-17(27-21(3,4)28-19)12-16(14-22)13-18(23-5)24-6/h16-19H,10-13,15H2,1-9H3/t16?,17-,19-/m1/s1. The quantitative estimate of drug-likeness (QED) is 0.246. The molecule has 170 valence electrons. The minimum absolute atomic E-state index is 0.210. The minimum atomic E-state index is -1.13. The van der Waals surface area contributed by atoms with Crippen LogP contribution in [-0.2, 0) is 28.4 Å². The van der Waals surface area contributed by atoms with Crippen LogP contribution in [0.2, 0.25) is 25.7 Å². The zero-order valence-electron chi connectivity index (χ0n) is 19.7. The van der Waals surface area contributed by atoms with E-state index in [1.54, 1.807) is 14.2 Å². The summed E-state index contributed by atoms with van der Waals surface area (Å²) >= 11 is 0. The van der Waals surface area contributed by atoms with Crippen molar-refractivity contribution >= 4 is 8.07 Å². The second-order valence-corrected chi connectivity index (χ2v) is 15.5. The summed E-state index contributed by atoms with van der Waals surface area (Å²) in [5.41, 5.74) is -0.625. The third-order valence-electron chi connectivity index (χ3n) is 5.08. The SMILES string of the molecule is COC(CC(C#N)C[C@H]1OC(C)(C)O[C@H]1C(C)(C)OCOCC[Si](C)(C)C)OC. The molecule has 8 heteroatoms. The highest BCUT2D eigenvalue weighted by Gasteiger charge is 2.50. The minimum Gasteiger partial charge on any atom is -0.356 e. The fourth-order valence-corrected chi connectivity index (χ4v) is 4.07. The van der Waals surface area contributed by atoms with Crippen LogP contribution in [0.25, 0.3) is 0 Å². The number of ether oxygens (including phenoxy) is 6. The van der Waals surface area contributed by atoms with Crippen molar-refractivity contribution in [2.75, 3.05) is 27.6 Å². The molecule has 1 saturated heterocycles. The van der Waals surface area contributed by atoms with Crippen molar-refractivity contribution in [2.45, 2.75) is 96.1 Å². The maximum absolute atomic E-state index is 9.61. The van der Waals surface area contributed by atoms with E-state index in [-0.39, 0.29) is 24.9 Å². The van der Waals surface area contributed by atoms with E-state index in [2.05, 4.69) is 25.7 Å². The third kappa shape index (κ3) is 9.43. The molecule has 0 radical (unpaired) electrons. The van der Waals surface area contributed by atoms with E-state index < -0.39 is 25.8 Å². The molecule has 0 amide bonds. The van der Waals surface area contributed by atoms with Gasteiger partial charge < -0.3 is 28.4 Å². The fraction of sp³-hybridized carbons (Fsp3) is 0.952. The van der Waals surface area contributed by atoms with Crippen molar-refractivity contribution in [3.63, 3.8) is 0 Å². The van der Waals surface area contributed by atoms with Crippen molar-refractivity contribution in [3.8, 4) is 6.07 Å². The van der Waals surface area contributed by atoms with E-state index in [9.17, 15) is 5.26 Å². The first-order valence-electron chi connectivity index (χ1n) is 10.4. The van der Waals surface area contributed by atoms with Gasteiger partial charge in [0.2, 0.25) is 0 Å². The number of nitriles is 1. The van der Waals surface area contributed by atoms with Crippen LogP contribution in [0.5, 0.6) is 0 Å². The molecule has 0 N–H and O–H groups in total. The van der Waals surface area contributed by atoms with Crippen LogP contribution in [0.4, 0.5) is 0 Å². The molecule has 0 spiro atoms. The maximum atomic E-state index is 9.61. The van der Waals surface area contributed by atoms with Gasteiger partial charge in [-0.2, -0.15) is 5.26 Å². The molecule has 3 atom stereocenters. The molecular weight excluding hydrogens is 390 g/mol. The molecular formula is C21H41NO6Si. The lowest BCUT2D eigenvalue weighted by Crippen LogP contribution is -2.46. The van der Waals surface area contributed by atoms with E-state index in [1.807, 2.05) is 27.7 Å². The molecule has 1 rings (SSSR count). The predicted octanol–water partition coefficient (Wildman–Crippen LogP) is 4.15. The van der Waals surface area contributed by atoms with Crippen molar-refractivity contribution in [1.29, 1.82) is 5.26 Å². The number of nitrogens with zero attached hydrogens (tertiary/aromatic N) is 1. The summed E-state index contributed by atoms with van der Waals surface area (Å²) in [6.45, 7) is 15.6. The van der Waals surface area contributed by atoms with Crippen LogP contribution in [0.15, 0.2) is 0 Å². The second-order valence-electron chi connectivity index (χ2n) is 9.88. The van der Waals surface area contributed by atoms with Gasteiger partial charge in [-0.1, -0.05) is 19.6 Å². The molecule has 0 aliphatic carbocycles. The van der Waals surface area contributed by atoms with Gasteiger partial charge in [0, 0.05) is 35.3 Å². The molecule has 1 unspecified atom stereocenters. The highest BCUT2D eigenvalue weighted by molar-refractivity contribution is 6.76. The number of hydrogen-bond acceptors (Lipinski definition) is 7. The zero-order chi connectivity index (χ0) is 22.3.